The molecule has 0 spiro atoms. The van der Waals surface area contributed by atoms with Gasteiger partial charge in [0.15, 0.2) is 0 Å². The molecule has 1 amide bonds. The van der Waals surface area contributed by atoms with E-state index in [1.54, 1.807) is 6.07 Å². The highest BCUT2D eigenvalue weighted by Gasteiger charge is 2.29. The standard InChI is InChI=1S/C21H25N3O4S/c1-12-9-19(29-23-12)22-20(26)14-5-7-24(8-6-14)10-18(25)15-3-4-16-17(13(15)2)11-28-21(16)27/h3-4,9,14,18,25H,5-8,10-11H2,1-2H3,(H,22,26). The Bertz CT molecular complexity index is 934. The molecule has 1 unspecified atom stereocenters. The van der Waals surface area contributed by atoms with Gasteiger partial charge in [-0.1, -0.05) is 6.07 Å². The van der Waals surface area contributed by atoms with Crippen LogP contribution in [0.4, 0.5) is 5.00 Å². The minimum atomic E-state index is -0.637. The van der Waals surface area contributed by atoms with E-state index in [2.05, 4.69) is 14.6 Å². The predicted octanol–water partition coefficient (Wildman–Crippen LogP) is 2.81. The number of aliphatic hydroxyl groups is 1. The molecule has 8 heteroatoms. The number of amides is 1. The summed E-state index contributed by atoms with van der Waals surface area (Å²) in [6, 6.07) is 5.45. The third-order valence-electron chi connectivity index (χ3n) is 5.83. The summed E-state index contributed by atoms with van der Waals surface area (Å²) < 4.78 is 9.28. The van der Waals surface area contributed by atoms with Crippen LogP contribution < -0.4 is 5.32 Å². The average molecular weight is 416 g/mol. The fraction of sp³-hybridized carbons (Fsp3) is 0.476. The van der Waals surface area contributed by atoms with E-state index in [0.717, 1.165) is 53.3 Å². The van der Waals surface area contributed by atoms with E-state index in [1.165, 1.54) is 11.5 Å². The fourth-order valence-corrected chi connectivity index (χ4v) is 4.76. The van der Waals surface area contributed by atoms with E-state index in [9.17, 15) is 14.7 Å². The van der Waals surface area contributed by atoms with Gasteiger partial charge in [0.05, 0.1) is 17.4 Å². The predicted molar refractivity (Wildman–Crippen MR) is 110 cm³/mol. The number of nitrogens with one attached hydrogen (secondary N) is 1. The molecule has 2 N–H and O–H groups in total. The number of carbonyl (C=O) groups excluding carboxylic acids is 2. The summed E-state index contributed by atoms with van der Waals surface area (Å²) in [6.45, 7) is 6.16. The molecule has 0 aliphatic carbocycles. The third-order valence-corrected chi connectivity index (χ3v) is 6.63. The van der Waals surface area contributed by atoms with Crippen molar-refractivity contribution in [2.24, 2.45) is 5.92 Å². The summed E-state index contributed by atoms with van der Waals surface area (Å²) in [7, 11) is 0. The van der Waals surface area contributed by atoms with Crippen molar-refractivity contribution in [3.05, 3.63) is 46.1 Å². The van der Waals surface area contributed by atoms with E-state index in [1.807, 2.05) is 26.0 Å². The van der Waals surface area contributed by atoms with Crippen molar-refractivity contribution in [2.75, 3.05) is 25.0 Å². The fourth-order valence-electron chi connectivity index (χ4n) is 4.10. The van der Waals surface area contributed by atoms with Crippen molar-refractivity contribution in [2.45, 2.75) is 39.4 Å². The molecule has 29 heavy (non-hydrogen) atoms. The first-order valence-corrected chi connectivity index (χ1v) is 10.6. The zero-order valence-electron chi connectivity index (χ0n) is 16.6. The molecule has 2 aliphatic heterocycles. The minimum absolute atomic E-state index is 0.0179. The van der Waals surface area contributed by atoms with E-state index in [4.69, 9.17) is 4.74 Å². The van der Waals surface area contributed by atoms with Crippen LogP contribution in [0.15, 0.2) is 18.2 Å². The number of β-amino-alcohol motifs (C(OH)–C–C–N with tert-alkyl or cyclic N) is 1. The first-order chi connectivity index (χ1) is 13.9. The summed E-state index contributed by atoms with van der Waals surface area (Å²) in [4.78, 5) is 26.4. The molecule has 1 saturated heterocycles. The van der Waals surface area contributed by atoms with Gasteiger partial charge in [-0.05, 0) is 74.6 Å². The van der Waals surface area contributed by atoms with Gasteiger partial charge in [0.1, 0.15) is 11.6 Å². The number of ether oxygens (including phenoxy) is 1. The van der Waals surface area contributed by atoms with Crippen molar-refractivity contribution in [1.29, 1.82) is 0 Å². The Labute approximate surface area is 173 Å². The smallest absolute Gasteiger partial charge is 0.338 e. The maximum Gasteiger partial charge on any atom is 0.338 e. The third kappa shape index (κ3) is 4.19. The number of carbonyl (C=O) groups is 2. The molecular weight excluding hydrogens is 390 g/mol. The Morgan fingerprint density at radius 2 is 2.14 bits per heavy atom. The van der Waals surface area contributed by atoms with Gasteiger partial charge in [-0.2, -0.15) is 4.37 Å². The molecule has 154 valence electrons. The SMILES string of the molecule is Cc1cc(NC(=O)C2CCN(CC(O)c3ccc4c(c3C)COC4=O)CC2)sn1. The second-order valence-electron chi connectivity index (χ2n) is 7.79. The zero-order chi connectivity index (χ0) is 20.5. The Morgan fingerprint density at radius 3 is 2.83 bits per heavy atom. The lowest BCUT2D eigenvalue weighted by Crippen LogP contribution is -2.40. The van der Waals surface area contributed by atoms with E-state index in [0.29, 0.717) is 12.1 Å². The summed E-state index contributed by atoms with van der Waals surface area (Å²) in [5, 5.41) is 14.5. The maximum atomic E-state index is 12.5. The second-order valence-corrected chi connectivity index (χ2v) is 8.60. The number of esters is 1. The van der Waals surface area contributed by atoms with E-state index >= 15 is 0 Å². The Morgan fingerprint density at radius 1 is 1.38 bits per heavy atom. The van der Waals surface area contributed by atoms with Gasteiger partial charge in [0.25, 0.3) is 0 Å². The molecular formula is C21H25N3O4S. The summed E-state index contributed by atoms with van der Waals surface area (Å²) in [6.07, 6.45) is 0.894. The van der Waals surface area contributed by atoms with Crippen LogP contribution in [-0.2, 0) is 16.1 Å². The molecule has 2 aliphatic rings. The van der Waals surface area contributed by atoms with Crippen molar-refractivity contribution in [3.63, 3.8) is 0 Å². The van der Waals surface area contributed by atoms with Crippen LogP contribution in [0.2, 0.25) is 0 Å². The van der Waals surface area contributed by atoms with Crippen LogP contribution in [0.1, 0.15) is 51.7 Å². The number of likely N-dealkylation sites (tertiary alicyclic amines) is 1. The lowest BCUT2D eigenvalue weighted by atomic mass is 9.93. The molecule has 4 rings (SSSR count). The van der Waals surface area contributed by atoms with Gasteiger partial charge in [0, 0.05) is 18.0 Å². The number of aromatic nitrogens is 1. The van der Waals surface area contributed by atoms with Gasteiger partial charge in [-0.15, -0.1) is 0 Å². The van der Waals surface area contributed by atoms with Crippen LogP contribution in [0.5, 0.6) is 0 Å². The number of anilines is 1. The second kappa shape index (κ2) is 8.22. The van der Waals surface area contributed by atoms with Crippen LogP contribution >= 0.6 is 11.5 Å². The molecule has 7 nitrogen and oxygen atoms in total. The van der Waals surface area contributed by atoms with Crippen molar-refractivity contribution in [3.8, 4) is 0 Å². The average Bonchev–Trinajstić information content (AvgIpc) is 3.28. The topological polar surface area (TPSA) is 91.8 Å². The molecule has 1 atom stereocenters. The van der Waals surface area contributed by atoms with Crippen LogP contribution in [0.25, 0.3) is 0 Å². The Balaban J connectivity index is 1.32. The zero-order valence-corrected chi connectivity index (χ0v) is 17.4. The molecule has 0 bridgehead atoms. The lowest BCUT2D eigenvalue weighted by molar-refractivity contribution is -0.121. The van der Waals surface area contributed by atoms with Gasteiger partial charge in [0.2, 0.25) is 5.91 Å². The highest BCUT2D eigenvalue weighted by atomic mass is 32.1. The molecule has 3 heterocycles. The van der Waals surface area contributed by atoms with E-state index < -0.39 is 6.10 Å². The van der Waals surface area contributed by atoms with Gasteiger partial charge >= 0.3 is 5.97 Å². The van der Waals surface area contributed by atoms with Gasteiger partial charge < -0.3 is 20.1 Å². The molecule has 1 aromatic carbocycles. The van der Waals surface area contributed by atoms with Gasteiger partial charge in [-0.3, -0.25) is 4.79 Å². The first-order valence-electron chi connectivity index (χ1n) is 9.86. The number of fused-ring (bicyclic) bond motifs is 1. The number of piperidine rings is 1. The number of aliphatic hydroxyl groups excluding tert-OH is 1. The minimum Gasteiger partial charge on any atom is -0.457 e. The number of aryl methyl sites for hydroxylation is 1. The summed E-state index contributed by atoms with van der Waals surface area (Å²) in [5.41, 5.74) is 4.14. The number of benzene rings is 1. The maximum absolute atomic E-state index is 12.5. The molecule has 0 radical (unpaired) electrons. The van der Waals surface area contributed by atoms with Gasteiger partial charge in [-0.25, -0.2) is 4.79 Å². The molecule has 2 aromatic rings. The van der Waals surface area contributed by atoms with E-state index in [-0.39, 0.29) is 24.4 Å². The highest BCUT2D eigenvalue weighted by Crippen LogP contribution is 2.30. The van der Waals surface area contributed by atoms with Crippen LogP contribution in [0, 0.1) is 19.8 Å². The lowest BCUT2D eigenvalue weighted by Gasteiger charge is -2.32. The quantitative estimate of drug-likeness (QED) is 0.730. The summed E-state index contributed by atoms with van der Waals surface area (Å²) >= 11 is 1.30. The number of hydrogen-bond acceptors (Lipinski definition) is 7. The van der Waals surface area contributed by atoms with Crippen LogP contribution in [-0.4, -0.2) is 45.9 Å². The highest BCUT2D eigenvalue weighted by molar-refractivity contribution is 7.10. The largest absolute Gasteiger partial charge is 0.457 e. The first kappa shape index (κ1) is 20.0. The molecule has 1 aromatic heterocycles. The monoisotopic (exact) mass is 415 g/mol. The van der Waals surface area contributed by atoms with Crippen molar-refractivity contribution < 1.29 is 19.4 Å². The Kier molecular flexibility index (Phi) is 5.67. The number of hydrogen-bond donors (Lipinski definition) is 2. The summed E-state index contributed by atoms with van der Waals surface area (Å²) in [5.74, 6) is -0.262. The molecule has 0 saturated carbocycles. The Hall–Kier alpha value is -2.29. The number of rotatable bonds is 5. The molecule has 1 fully saturated rings. The number of nitrogens with zero attached hydrogens (tertiary/aromatic N) is 2. The van der Waals surface area contributed by atoms with Crippen LogP contribution in [0.3, 0.4) is 0 Å². The normalized spacial score (nSPS) is 18.4. The van der Waals surface area contributed by atoms with Crippen molar-refractivity contribution in [1.82, 2.24) is 9.27 Å². The number of cyclic esters (lactones) is 1. The van der Waals surface area contributed by atoms with Crippen molar-refractivity contribution >= 4 is 28.4 Å².